The van der Waals surface area contributed by atoms with Gasteiger partial charge in [0.1, 0.15) is 0 Å². The van der Waals surface area contributed by atoms with Crippen LogP contribution >= 0.6 is 0 Å². The van der Waals surface area contributed by atoms with Crippen LogP contribution in [0.4, 0.5) is 8.78 Å². The van der Waals surface area contributed by atoms with Crippen molar-refractivity contribution in [1.82, 2.24) is 9.80 Å². The number of nitrogens with zero attached hydrogens (tertiary/aromatic N) is 2. The Bertz CT molecular complexity index is 317. The molecule has 1 saturated carbocycles. The number of halogens is 2. The van der Waals surface area contributed by atoms with E-state index in [4.69, 9.17) is 4.74 Å². The number of rotatable bonds is 3. The molecule has 3 rings (SSSR count). The molecule has 0 N–H and O–H groups in total. The molecule has 116 valence electrons. The highest BCUT2D eigenvalue weighted by Crippen LogP contribution is 2.36. The summed E-state index contributed by atoms with van der Waals surface area (Å²) in [7, 11) is 0. The molecular formula is C15H26F2N2O. The molecule has 0 aromatic carbocycles. The fraction of sp³-hybridized carbons (Fsp3) is 1.00. The van der Waals surface area contributed by atoms with Gasteiger partial charge in [0.25, 0.3) is 0 Å². The molecule has 0 aromatic rings. The van der Waals surface area contributed by atoms with Gasteiger partial charge in [-0.2, -0.15) is 0 Å². The Balaban J connectivity index is 1.55. The second kappa shape index (κ2) is 6.24. The van der Waals surface area contributed by atoms with Crippen molar-refractivity contribution in [2.45, 2.75) is 44.7 Å². The van der Waals surface area contributed by atoms with Crippen molar-refractivity contribution >= 4 is 0 Å². The summed E-state index contributed by atoms with van der Waals surface area (Å²) in [6.07, 6.45) is 0.576. The SMILES string of the molecule is CC1CCC(N2CCN(C3COC3)CC2)C(C(F)F)C1. The highest BCUT2D eigenvalue weighted by atomic mass is 19.3. The summed E-state index contributed by atoms with van der Waals surface area (Å²) in [4.78, 5) is 4.79. The van der Waals surface area contributed by atoms with Crippen molar-refractivity contribution in [2.24, 2.45) is 11.8 Å². The molecule has 3 atom stereocenters. The van der Waals surface area contributed by atoms with Crippen LogP contribution in [-0.4, -0.2) is 67.7 Å². The van der Waals surface area contributed by atoms with Crippen molar-refractivity contribution in [3.8, 4) is 0 Å². The Labute approximate surface area is 120 Å². The maximum atomic E-state index is 13.3. The number of piperazine rings is 1. The number of ether oxygens (including phenoxy) is 1. The zero-order valence-electron chi connectivity index (χ0n) is 12.3. The van der Waals surface area contributed by atoms with Crippen molar-refractivity contribution < 1.29 is 13.5 Å². The van der Waals surface area contributed by atoms with Gasteiger partial charge in [0, 0.05) is 38.1 Å². The van der Waals surface area contributed by atoms with Crippen LogP contribution in [0.3, 0.4) is 0 Å². The van der Waals surface area contributed by atoms with E-state index >= 15 is 0 Å². The summed E-state index contributed by atoms with van der Waals surface area (Å²) in [6, 6.07) is 0.681. The van der Waals surface area contributed by atoms with Crippen LogP contribution in [0.2, 0.25) is 0 Å². The fourth-order valence-corrected chi connectivity index (χ4v) is 4.00. The minimum absolute atomic E-state index is 0.103. The molecule has 0 amide bonds. The zero-order valence-corrected chi connectivity index (χ0v) is 12.3. The summed E-state index contributed by atoms with van der Waals surface area (Å²) in [6.45, 7) is 7.71. The smallest absolute Gasteiger partial charge is 0.242 e. The van der Waals surface area contributed by atoms with E-state index in [9.17, 15) is 8.78 Å². The monoisotopic (exact) mass is 288 g/mol. The van der Waals surface area contributed by atoms with Gasteiger partial charge in [0.2, 0.25) is 6.43 Å². The molecule has 5 heteroatoms. The largest absolute Gasteiger partial charge is 0.378 e. The van der Waals surface area contributed by atoms with Gasteiger partial charge >= 0.3 is 0 Å². The molecular weight excluding hydrogens is 262 g/mol. The van der Waals surface area contributed by atoms with Crippen LogP contribution in [0.5, 0.6) is 0 Å². The predicted molar refractivity (Wildman–Crippen MR) is 74.1 cm³/mol. The van der Waals surface area contributed by atoms with Gasteiger partial charge in [-0.15, -0.1) is 0 Å². The maximum absolute atomic E-state index is 13.3. The van der Waals surface area contributed by atoms with Crippen molar-refractivity contribution in [1.29, 1.82) is 0 Å². The Morgan fingerprint density at radius 3 is 2.20 bits per heavy atom. The lowest BCUT2D eigenvalue weighted by molar-refractivity contribution is -0.0897. The fourth-order valence-electron chi connectivity index (χ4n) is 4.00. The van der Waals surface area contributed by atoms with Crippen LogP contribution in [-0.2, 0) is 4.74 Å². The maximum Gasteiger partial charge on any atom is 0.242 e. The molecule has 0 bridgehead atoms. The van der Waals surface area contributed by atoms with Crippen molar-refractivity contribution in [3.63, 3.8) is 0 Å². The van der Waals surface area contributed by atoms with Gasteiger partial charge in [0.15, 0.2) is 0 Å². The van der Waals surface area contributed by atoms with Crippen LogP contribution in [0.1, 0.15) is 26.2 Å². The molecule has 0 spiro atoms. The lowest BCUT2D eigenvalue weighted by atomic mass is 9.78. The summed E-state index contributed by atoms with van der Waals surface area (Å²) >= 11 is 0. The van der Waals surface area contributed by atoms with Gasteiger partial charge in [-0.05, 0) is 25.2 Å². The Hall–Kier alpha value is -0.260. The average Bonchev–Trinajstić information content (AvgIpc) is 2.38. The molecule has 3 aliphatic rings. The molecule has 3 nitrogen and oxygen atoms in total. The zero-order chi connectivity index (χ0) is 14.1. The van der Waals surface area contributed by atoms with E-state index in [1.54, 1.807) is 0 Å². The van der Waals surface area contributed by atoms with Crippen LogP contribution < -0.4 is 0 Å². The summed E-state index contributed by atoms with van der Waals surface area (Å²) in [5, 5.41) is 0. The predicted octanol–water partition coefficient (Wildman–Crippen LogP) is 2.07. The van der Waals surface area contributed by atoms with Gasteiger partial charge in [-0.25, -0.2) is 8.78 Å². The van der Waals surface area contributed by atoms with Gasteiger partial charge < -0.3 is 4.74 Å². The minimum atomic E-state index is -2.17. The quantitative estimate of drug-likeness (QED) is 0.791. The van der Waals surface area contributed by atoms with Crippen LogP contribution in [0.25, 0.3) is 0 Å². The van der Waals surface area contributed by atoms with E-state index in [-0.39, 0.29) is 6.04 Å². The highest BCUT2D eigenvalue weighted by Gasteiger charge is 2.39. The third kappa shape index (κ3) is 3.00. The first-order valence-electron chi connectivity index (χ1n) is 7.99. The first kappa shape index (κ1) is 14.7. The Morgan fingerprint density at radius 1 is 1.00 bits per heavy atom. The van der Waals surface area contributed by atoms with Crippen LogP contribution in [0, 0.1) is 11.8 Å². The molecule has 0 radical (unpaired) electrons. The lowest BCUT2D eigenvalue weighted by Crippen LogP contribution is -2.59. The van der Waals surface area contributed by atoms with E-state index in [0.29, 0.717) is 18.4 Å². The van der Waals surface area contributed by atoms with E-state index in [1.165, 1.54) is 0 Å². The minimum Gasteiger partial charge on any atom is -0.378 e. The number of alkyl halides is 2. The molecule has 2 saturated heterocycles. The molecule has 2 aliphatic heterocycles. The van der Waals surface area contributed by atoms with Crippen molar-refractivity contribution in [3.05, 3.63) is 0 Å². The van der Waals surface area contributed by atoms with E-state index in [2.05, 4.69) is 16.7 Å². The average molecular weight is 288 g/mol. The van der Waals surface area contributed by atoms with E-state index < -0.39 is 12.3 Å². The second-order valence-electron chi connectivity index (χ2n) is 6.75. The van der Waals surface area contributed by atoms with E-state index in [1.807, 2.05) is 0 Å². The Kier molecular flexibility index (Phi) is 4.58. The van der Waals surface area contributed by atoms with Gasteiger partial charge in [0.05, 0.1) is 19.3 Å². The Morgan fingerprint density at radius 2 is 1.65 bits per heavy atom. The normalized spacial score (nSPS) is 38.1. The first-order valence-corrected chi connectivity index (χ1v) is 7.99. The second-order valence-corrected chi connectivity index (χ2v) is 6.75. The molecule has 20 heavy (non-hydrogen) atoms. The molecule has 0 aromatic heterocycles. The lowest BCUT2D eigenvalue weighted by Gasteiger charge is -2.47. The standard InChI is InChI=1S/C15H26F2N2O/c1-11-2-3-14(13(8-11)15(16)17)19-6-4-18(5-7-19)12-9-20-10-12/h11-15H,2-10H2,1H3. The summed E-state index contributed by atoms with van der Waals surface area (Å²) in [5.41, 5.74) is 0. The molecule has 3 fully saturated rings. The van der Waals surface area contributed by atoms with Crippen LogP contribution in [0.15, 0.2) is 0 Å². The topological polar surface area (TPSA) is 15.7 Å². The molecule has 2 heterocycles. The van der Waals surface area contributed by atoms with E-state index in [0.717, 1.165) is 52.2 Å². The number of hydrogen-bond donors (Lipinski definition) is 0. The molecule has 1 aliphatic carbocycles. The summed E-state index contributed by atoms with van der Waals surface area (Å²) in [5.74, 6) is 0.0380. The summed E-state index contributed by atoms with van der Waals surface area (Å²) < 4.78 is 31.9. The molecule has 3 unspecified atom stereocenters. The first-order chi connectivity index (χ1) is 9.65. The third-order valence-electron chi connectivity index (χ3n) is 5.40. The highest BCUT2D eigenvalue weighted by molar-refractivity contribution is 4.90. The van der Waals surface area contributed by atoms with Gasteiger partial charge in [-0.1, -0.05) is 6.92 Å². The number of hydrogen-bond acceptors (Lipinski definition) is 3. The third-order valence-corrected chi connectivity index (χ3v) is 5.40. The van der Waals surface area contributed by atoms with Crippen molar-refractivity contribution in [2.75, 3.05) is 39.4 Å². The van der Waals surface area contributed by atoms with Gasteiger partial charge in [-0.3, -0.25) is 9.80 Å².